The molecular weight excluding hydrogens is 391 g/mol. The van der Waals surface area contributed by atoms with E-state index in [9.17, 15) is 4.79 Å². The molecule has 4 aromatic rings. The molecule has 3 nitrogen and oxygen atoms in total. The van der Waals surface area contributed by atoms with Crippen LogP contribution in [-0.4, -0.2) is 10.5 Å². The zero-order valence-electron chi connectivity index (χ0n) is 15.4. The lowest BCUT2D eigenvalue weighted by Gasteiger charge is -2.11. The zero-order chi connectivity index (χ0) is 19.8. The minimum Gasteiger partial charge on any atom is -0.366 e. The van der Waals surface area contributed by atoms with E-state index < -0.39 is 5.91 Å². The number of nitrogens with two attached hydrogens (primary N) is 1. The molecule has 0 unspecified atom stereocenters. The summed E-state index contributed by atoms with van der Waals surface area (Å²) in [5.74, 6) is -0.448. The van der Waals surface area contributed by atoms with Crippen molar-refractivity contribution in [3.8, 4) is 0 Å². The molecule has 141 valence electrons. The molecule has 0 fully saturated rings. The van der Waals surface area contributed by atoms with E-state index in [0.717, 1.165) is 40.2 Å². The number of hydrogen-bond acceptors (Lipinski definition) is 1. The fourth-order valence-corrected chi connectivity index (χ4v) is 4.13. The summed E-state index contributed by atoms with van der Waals surface area (Å²) in [6, 6.07) is 18.8. The SMILES string of the molecule is CCCc1c[c]c2c3c(C(N)=O)cccc3n(Cc3cccc(Cl)c3Cl)c2c1. The number of halogens is 2. The normalized spacial score (nSPS) is 11.4. The number of carbonyl (C=O) groups excluding carboxylic acids is 1. The fraction of sp³-hybridized carbons (Fsp3) is 0.174. The van der Waals surface area contributed by atoms with E-state index in [1.165, 1.54) is 5.56 Å². The summed E-state index contributed by atoms with van der Waals surface area (Å²) in [5.41, 5.74) is 10.2. The second-order valence-corrected chi connectivity index (χ2v) is 7.67. The van der Waals surface area contributed by atoms with Crippen molar-refractivity contribution in [2.24, 2.45) is 5.73 Å². The maximum atomic E-state index is 12.1. The maximum Gasteiger partial charge on any atom is 0.249 e. The maximum absolute atomic E-state index is 12.1. The van der Waals surface area contributed by atoms with Crippen LogP contribution in [0.25, 0.3) is 21.8 Å². The van der Waals surface area contributed by atoms with Crippen LogP contribution in [0.3, 0.4) is 0 Å². The Kier molecular flexibility index (Phi) is 5.05. The average Bonchev–Trinajstić information content (AvgIpc) is 2.99. The van der Waals surface area contributed by atoms with Crippen LogP contribution in [-0.2, 0) is 13.0 Å². The number of hydrogen-bond donors (Lipinski definition) is 1. The molecule has 0 saturated carbocycles. The highest BCUT2D eigenvalue weighted by atomic mass is 35.5. The van der Waals surface area contributed by atoms with Crippen molar-refractivity contribution < 1.29 is 4.79 Å². The largest absolute Gasteiger partial charge is 0.366 e. The second-order valence-electron chi connectivity index (χ2n) is 6.88. The van der Waals surface area contributed by atoms with E-state index in [1.807, 2.05) is 30.3 Å². The smallest absolute Gasteiger partial charge is 0.249 e. The molecule has 4 rings (SSSR count). The monoisotopic (exact) mass is 409 g/mol. The van der Waals surface area contributed by atoms with Crippen molar-refractivity contribution in [3.05, 3.63) is 81.3 Å². The second kappa shape index (κ2) is 7.50. The Labute approximate surface area is 173 Å². The molecule has 0 bridgehead atoms. The van der Waals surface area contributed by atoms with Gasteiger partial charge in [0, 0.05) is 22.9 Å². The molecule has 1 radical (unpaired) electrons. The molecule has 1 aromatic heterocycles. The molecule has 0 saturated heterocycles. The van der Waals surface area contributed by atoms with Gasteiger partial charge in [0.25, 0.3) is 0 Å². The zero-order valence-corrected chi connectivity index (χ0v) is 16.9. The molecule has 3 aromatic carbocycles. The van der Waals surface area contributed by atoms with Crippen LogP contribution < -0.4 is 5.73 Å². The molecule has 1 amide bonds. The number of nitrogens with zero attached hydrogens (tertiary/aromatic N) is 1. The van der Waals surface area contributed by atoms with Gasteiger partial charge in [-0.2, -0.15) is 0 Å². The van der Waals surface area contributed by atoms with E-state index in [1.54, 1.807) is 12.1 Å². The van der Waals surface area contributed by atoms with Crippen LogP contribution in [0, 0.1) is 6.07 Å². The van der Waals surface area contributed by atoms with Crippen LogP contribution in [0.4, 0.5) is 0 Å². The molecule has 28 heavy (non-hydrogen) atoms. The van der Waals surface area contributed by atoms with Gasteiger partial charge in [-0.1, -0.05) is 60.8 Å². The van der Waals surface area contributed by atoms with E-state index in [2.05, 4.69) is 23.6 Å². The lowest BCUT2D eigenvalue weighted by atomic mass is 10.0. The standard InChI is InChI=1S/C23H19Cl2N2O/c1-2-5-14-10-11-16-20(12-14)27(13-15-6-3-8-18(24)22(15)25)19-9-4-7-17(21(16)19)23(26)28/h3-4,6-10,12H,2,5,13H2,1H3,(H2,26,28). The fourth-order valence-electron chi connectivity index (χ4n) is 3.75. The third kappa shape index (κ3) is 3.15. The van der Waals surface area contributed by atoms with Gasteiger partial charge in [-0.3, -0.25) is 4.79 Å². The van der Waals surface area contributed by atoms with Gasteiger partial charge in [-0.25, -0.2) is 0 Å². The van der Waals surface area contributed by atoms with Crippen LogP contribution in [0.1, 0.15) is 34.8 Å². The summed E-state index contributed by atoms with van der Waals surface area (Å²) < 4.78 is 2.16. The Bertz CT molecular complexity index is 1210. The number of amides is 1. The summed E-state index contributed by atoms with van der Waals surface area (Å²) in [7, 11) is 0. The average molecular weight is 410 g/mol. The molecule has 0 aliphatic carbocycles. The minimum absolute atomic E-state index is 0.448. The minimum atomic E-state index is -0.448. The van der Waals surface area contributed by atoms with Crippen molar-refractivity contribution in [2.75, 3.05) is 0 Å². The third-order valence-corrected chi connectivity index (χ3v) is 5.88. The first-order valence-electron chi connectivity index (χ1n) is 9.19. The first-order chi connectivity index (χ1) is 13.5. The Morgan fingerprint density at radius 1 is 1.14 bits per heavy atom. The van der Waals surface area contributed by atoms with Crippen LogP contribution in [0.5, 0.6) is 0 Å². The van der Waals surface area contributed by atoms with Crippen LogP contribution >= 0.6 is 23.2 Å². The molecular formula is C23H19Cl2N2O. The van der Waals surface area contributed by atoms with Crippen molar-refractivity contribution in [2.45, 2.75) is 26.3 Å². The summed E-state index contributed by atoms with van der Waals surface area (Å²) in [4.78, 5) is 12.1. The number of aromatic nitrogens is 1. The van der Waals surface area contributed by atoms with Crippen molar-refractivity contribution in [3.63, 3.8) is 0 Å². The molecule has 2 N–H and O–H groups in total. The van der Waals surface area contributed by atoms with E-state index >= 15 is 0 Å². The Morgan fingerprint density at radius 3 is 2.68 bits per heavy atom. The van der Waals surface area contributed by atoms with Crippen LogP contribution in [0.15, 0.2) is 48.5 Å². The van der Waals surface area contributed by atoms with Gasteiger partial charge in [0.1, 0.15) is 0 Å². The first-order valence-corrected chi connectivity index (χ1v) is 9.95. The van der Waals surface area contributed by atoms with Gasteiger partial charge in [0.05, 0.1) is 21.1 Å². The van der Waals surface area contributed by atoms with E-state index in [-0.39, 0.29) is 0 Å². The summed E-state index contributed by atoms with van der Waals surface area (Å²) >= 11 is 12.7. The topological polar surface area (TPSA) is 48.0 Å². The quantitative estimate of drug-likeness (QED) is 0.431. The third-order valence-electron chi connectivity index (χ3n) is 5.02. The Morgan fingerprint density at radius 2 is 1.93 bits per heavy atom. The molecule has 0 aliphatic heterocycles. The highest BCUT2D eigenvalue weighted by Gasteiger charge is 2.18. The van der Waals surface area contributed by atoms with E-state index in [0.29, 0.717) is 22.2 Å². The Hall–Kier alpha value is -2.49. The van der Waals surface area contributed by atoms with Gasteiger partial charge in [0.2, 0.25) is 5.91 Å². The number of benzene rings is 3. The lowest BCUT2D eigenvalue weighted by molar-refractivity contribution is 0.100. The Balaban J connectivity index is 2.04. The van der Waals surface area contributed by atoms with Gasteiger partial charge >= 0.3 is 0 Å². The lowest BCUT2D eigenvalue weighted by Crippen LogP contribution is -2.11. The molecule has 0 spiro atoms. The number of primary amides is 1. The van der Waals surface area contributed by atoms with Crippen LogP contribution in [0.2, 0.25) is 10.0 Å². The molecule has 1 heterocycles. The highest BCUT2D eigenvalue weighted by molar-refractivity contribution is 6.42. The summed E-state index contributed by atoms with van der Waals surface area (Å²) in [5, 5.41) is 2.78. The predicted octanol–water partition coefficient (Wildman–Crippen LogP) is 6.00. The molecule has 5 heteroatoms. The molecule has 0 aliphatic rings. The van der Waals surface area contributed by atoms with Crippen molar-refractivity contribution in [1.82, 2.24) is 4.57 Å². The van der Waals surface area contributed by atoms with Crippen molar-refractivity contribution in [1.29, 1.82) is 0 Å². The number of carbonyl (C=O) groups is 1. The predicted molar refractivity (Wildman–Crippen MR) is 116 cm³/mol. The first kappa shape index (κ1) is 18.9. The number of aryl methyl sites for hydroxylation is 1. The van der Waals surface area contributed by atoms with Gasteiger partial charge < -0.3 is 10.3 Å². The molecule has 0 atom stereocenters. The van der Waals surface area contributed by atoms with Gasteiger partial charge in [0.15, 0.2) is 0 Å². The van der Waals surface area contributed by atoms with E-state index in [4.69, 9.17) is 28.9 Å². The summed E-state index contributed by atoms with van der Waals surface area (Å²) in [6.45, 7) is 2.68. The number of fused-ring (bicyclic) bond motifs is 3. The summed E-state index contributed by atoms with van der Waals surface area (Å²) in [6.07, 6.45) is 2.01. The number of rotatable bonds is 5. The van der Waals surface area contributed by atoms with Crippen molar-refractivity contribution >= 4 is 50.9 Å². The van der Waals surface area contributed by atoms with Gasteiger partial charge in [-0.15, -0.1) is 0 Å². The highest BCUT2D eigenvalue weighted by Crippen LogP contribution is 2.34. The van der Waals surface area contributed by atoms with Gasteiger partial charge in [-0.05, 0) is 47.9 Å².